The summed E-state index contributed by atoms with van der Waals surface area (Å²) in [5.41, 5.74) is 0.427. The Morgan fingerprint density at radius 2 is 2.29 bits per heavy atom. The maximum absolute atomic E-state index is 11.1. The van der Waals surface area contributed by atoms with Gasteiger partial charge in [0.15, 0.2) is 0 Å². The number of aromatic nitrogens is 3. The van der Waals surface area contributed by atoms with Crippen molar-refractivity contribution in [2.24, 2.45) is 0 Å². The van der Waals surface area contributed by atoms with Crippen molar-refractivity contribution in [1.82, 2.24) is 14.8 Å². The molecule has 0 saturated heterocycles. The van der Waals surface area contributed by atoms with Crippen LogP contribution in [0.2, 0.25) is 0 Å². The zero-order chi connectivity index (χ0) is 15.4. The third-order valence-electron chi connectivity index (χ3n) is 2.71. The van der Waals surface area contributed by atoms with Gasteiger partial charge in [0.05, 0.1) is 17.7 Å². The topological polar surface area (TPSA) is 123 Å². The van der Waals surface area contributed by atoms with Gasteiger partial charge in [0.2, 0.25) is 0 Å². The number of pyridine rings is 1. The normalized spacial score (nSPS) is 10.3. The lowest BCUT2D eigenvalue weighted by molar-refractivity contribution is -0.385. The van der Waals surface area contributed by atoms with E-state index >= 15 is 0 Å². The monoisotopic (exact) mass is 291 g/mol. The summed E-state index contributed by atoms with van der Waals surface area (Å²) in [4.78, 5) is 24.9. The first-order valence-corrected chi connectivity index (χ1v) is 6.08. The molecule has 0 atom stereocenters. The van der Waals surface area contributed by atoms with E-state index in [1.807, 2.05) is 13.1 Å². The van der Waals surface area contributed by atoms with Gasteiger partial charge in [-0.2, -0.15) is 5.10 Å². The zero-order valence-electron chi connectivity index (χ0n) is 11.2. The highest BCUT2D eigenvalue weighted by Crippen LogP contribution is 2.18. The standard InChI is InChI=1S/C12H13N5O4/c1-8-5-15-16(7-8)3-2-13-11-10(12(18)19)4-9(6-14-11)17(20)21/h4-7H,2-3H2,1H3,(H,13,14)(H,18,19). The zero-order valence-corrected chi connectivity index (χ0v) is 11.2. The predicted molar refractivity (Wildman–Crippen MR) is 73.3 cm³/mol. The fourth-order valence-corrected chi connectivity index (χ4v) is 1.74. The molecule has 0 fully saturated rings. The van der Waals surface area contributed by atoms with Gasteiger partial charge in [-0.05, 0) is 12.5 Å². The number of hydrogen-bond donors (Lipinski definition) is 2. The summed E-state index contributed by atoms with van der Waals surface area (Å²) in [5.74, 6) is -1.18. The molecule has 9 heteroatoms. The van der Waals surface area contributed by atoms with Crippen LogP contribution in [0.3, 0.4) is 0 Å². The highest BCUT2D eigenvalue weighted by molar-refractivity contribution is 5.93. The van der Waals surface area contributed by atoms with E-state index in [1.54, 1.807) is 10.9 Å². The Morgan fingerprint density at radius 1 is 1.52 bits per heavy atom. The molecule has 0 amide bonds. The van der Waals surface area contributed by atoms with Crippen molar-refractivity contribution in [3.63, 3.8) is 0 Å². The van der Waals surface area contributed by atoms with E-state index in [9.17, 15) is 14.9 Å². The Bertz CT molecular complexity index is 682. The summed E-state index contributed by atoms with van der Waals surface area (Å²) < 4.78 is 1.70. The average Bonchev–Trinajstić information content (AvgIpc) is 2.84. The van der Waals surface area contributed by atoms with Crippen molar-refractivity contribution in [1.29, 1.82) is 0 Å². The van der Waals surface area contributed by atoms with Crippen LogP contribution in [0.25, 0.3) is 0 Å². The molecule has 2 aromatic heterocycles. The quantitative estimate of drug-likeness (QED) is 0.607. The Hall–Kier alpha value is -2.97. The summed E-state index contributed by atoms with van der Waals surface area (Å²) in [5, 5.41) is 26.6. The molecule has 0 radical (unpaired) electrons. The van der Waals surface area contributed by atoms with Crippen LogP contribution in [0.4, 0.5) is 11.5 Å². The first-order chi connectivity index (χ1) is 9.97. The molecular weight excluding hydrogens is 278 g/mol. The fourth-order valence-electron chi connectivity index (χ4n) is 1.74. The maximum atomic E-state index is 11.1. The molecule has 0 aromatic carbocycles. The van der Waals surface area contributed by atoms with Crippen molar-refractivity contribution in [3.8, 4) is 0 Å². The van der Waals surface area contributed by atoms with Gasteiger partial charge in [0, 0.05) is 18.8 Å². The highest BCUT2D eigenvalue weighted by Gasteiger charge is 2.17. The number of carbonyl (C=O) groups is 1. The minimum absolute atomic E-state index is 0.0944. The first kappa shape index (κ1) is 14.4. The number of nitro groups is 1. The molecule has 110 valence electrons. The lowest BCUT2D eigenvalue weighted by Gasteiger charge is -2.08. The van der Waals surface area contributed by atoms with Gasteiger partial charge in [0.1, 0.15) is 17.6 Å². The molecule has 0 saturated carbocycles. The second-order valence-corrected chi connectivity index (χ2v) is 4.36. The molecule has 0 spiro atoms. The first-order valence-electron chi connectivity index (χ1n) is 6.08. The summed E-state index contributed by atoms with van der Waals surface area (Å²) in [6.45, 7) is 2.83. The predicted octanol–water partition coefficient (Wildman–Crippen LogP) is 1.31. The Balaban J connectivity index is 2.08. The summed E-state index contributed by atoms with van der Waals surface area (Å²) in [6, 6.07) is 0.982. The van der Waals surface area contributed by atoms with Crippen LogP contribution >= 0.6 is 0 Å². The Labute approximate surface area is 119 Å². The second-order valence-electron chi connectivity index (χ2n) is 4.36. The third-order valence-corrected chi connectivity index (χ3v) is 2.71. The lowest BCUT2D eigenvalue weighted by Crippen LogP contribution is -2.14. The van der Waals surface area contributed by atoms with E-state index in [0.717, 1.165) is 17.8 Å². The number of nitrogens with zero attached hydrogens (tertiary/aromatic N) is 4. The molecule has 2 aromatic rings. The van der Waals surface area contributed by atoms with Crippen molar-refractivity contribution >= 4 is 17.5 Å². The van der Waals surface area contributed by atoms with E-state index in [4.69, 9.17) is 5.11 Å². The SMILES string of the molecule is Cc1cnn(CCNc2ncc([N+](=O)[O-])cc2C(=O)O)c1. The summed E-state index contributed by atoms with van der Waals surface area (Å²) in [6.07, 6.45) is 4.59. The number of rotatable bonds is 6. The summed E-state index contributed by atoms with van der Waals surface area (Å²) >= 11 is 0. The van der Waals surface area contributed by atoms with Crippen LogP contribution in [0.15, 0.2) is 24.7 Å². The van der Waals surface area contributed by atoms with E-state index in [2.05, 4.69) is 15.4 Å². The number of aromatic carboxylic acids is 1. The highest BCUT2D eigenvalue weighted by atomic mass is 16.6. The van der Waals surface area contributed by atoms with Crippen LogP contribution in [0.5, 0.6) is 0 Å². The Kier molecular flexibility index (Phi) is 4.12. The summed E-state index contributed by atoms with van der Waals surface area (Å²) in [7, 11) is 0. The van der Waals surface area contributed by atoms with Crippen molar-refractivity contribution in [2.45, 2.75) is 13.5 Å². The largest absolute Gasteiger partial charge is 0.478 e. The molecule has 0 unspecified atom stereocenters. The minimum Gasteiger partial charge on any atom is -0.478 e. The van der Waals surface area contributed by atoms with Crippen LogP contribution in [0, 0.1) is 17.0 Å². The van der Waals surface area contributed by atoms with Crippen molar-refractivity contribution in [3.05, 3.63) is 45.9 Å². The maximum Gasteiger partial charge on any atom is 0.339 e. The van der Waals surface area contributed by atoms with Gasteiger partial charge in [0.25, 0.3) is 5.69 Å². The molecule has 9 nitrogen and oxygen atoms in total. The average molecular weight is 291 g/mol. The van der Waals surface area contributed by atoms with Crippen LogP contribution < -0.4 is 5.32 Å². The van der Waals surface area contributed by atoms with E-state index in [0.29, 0.717) is 13.1 Å². The molecular formula is C12H13N5O4. The van der Waals surface area contributed by atoms with Gasteiger partial charge < -0.3 is 10.4 Å². The van der Waals surface area contributed by atoms with Gasteiger partial charge in [-0.15, -0.1) is 0 Å². The smallest absolute Gasteiger partial charge is 0.339 e. The minimum atomic E-state index is -1.27. The van der Waals surface area contributed by atoms with Gasteiger partial charge in [-0.1, -0.05) is 0 Å². The van der Waals surface area contributed by atoms with Crippen LogP contribution in [-0.2, 0) is 6.54 Å². The Morgan fingerprint density at radius 3 is 2.86 bits per heavy atom. The number of carboxylic acid groups (broad SMARTS) is 1. The van der Waals surface area contributed by atoms with Gasteiger partial charge in [-0.3, -0.25) is 14.8 Å². The van der Waals surface area contributed by atoms with Crippen LogP contribution in [0.1, 0.15) is 15.9 Å². The molecule has 0 aliphatic rings. The van der Waals surface area contributed by atoms with E-state index in [1.165, 1.54) is 0 Å². The number of aryl methyl sites for hydroxylation is 1. The van der Waals surface area contributed by atoms with E-state index in [-0.39, 0.29) is 17.1 Å². The number of carboxylic acids is 1. The molecule has 0 aliphatic heterocycles. The molecule has 0 aliphatic carbocycles. The van der Waals surface area contributed by atoms with Crippen molar-refractivity contribution < 1.29 is 14.8 Å². The van der Waals surface area contributed by atoms with Gasteiger partial charge in [-0.25, -0.2) is 9.78 Å². The fraction of sp³-hybridized carbons (Fsp3) is 0.250. The molecule has 2 N–H and O–H groups in total. The number of hydrogen-bond acceptors (Lipinski definition) is 6. The molecule has 2 heterocycles. The lowest BCUT2D eigenvalue weighted by atomic mass is 10.2. The van der Waals surface area contributed by atoms with Crippen molar-refractivity contribution in [2.75, 3.05) is 11.9 Å². The molecule has 2 rings (SSSR count). The molecule has 0 bridgehead atoms. The van der Waals surface area contributed by atoms with Gasteiger partial charge >= 0.3 is 5.97 Å². The van der Waals surface area contributed by atoms with E-state index < -0.39 is 10.9 Å². The molecule has 21 heavy (non-hydrogen) atoms. The second kappa shape index (κ2) is 5.99. The van der Waals surface area contributed by atoms with Crippen LogP contribution in [-0.4, -0.2) is 37.3 Å². The number of anilines is 1. The third kappa shape index (κ3) is 3.53. The number of nitrogens with one attached hydrogen (secondary N) is 1.